The highest BCUT2D eigenvalue weighted by Crippen LogP contribution is 2.28. The number of rotatable bonds is 3. The van der Waals surface area contributed by atoms with Crippen molar-refractivity contribution in [3.8, 4) is 0 Å². The largest absolute Gasteiger partial charge is 0.253 e. The summed E-state index contributed by atoms with van der Waals surface area (Å²) in [4.78, 5) is 4.99. The Morgan fingerprint density at radius 1 is 0.950 bits per heavy atom. The molecule has 0 bridgehead atoms. The maximum absolute atomic E-state index is 4.72. The van der Waals surface area contributed by atoms with Crippen LogP contribution in [0.3, 0.4) is 0 Å². The van der Waals surface area contributed by atoms with Gasteiger partial charge in [-0.25, -0.2) is 0 Å². The Morgan fingerprint density at radius 2 is 1.80 bits per heavy atom. The third-order valence-electron chi connectivity index (χ3n) is 3.25. The lowest BCUT2D eigenvalue weighted by Gasteiger charge is -2.11. The van der Waals surface area contributed by atoms with E-state index in [-0.39, 0.29) is 4.83 Å². The maximum atomic E-state index is 4.72. The normalized spacial score (nSPS) is 12.5. The monoisotopic (exact) mass is 389 g/mol. The van der Waals surface area contributed by atoms with Crippen LogP contribution < -0.4 is 0 Å². The maximum Gasteiger partial charge on any atom is 0.0705 e. The van der Waals surface area contributed by atoms with Crippen molar-refractivity contribution in [2.75, 3.05) is 0 Å². The molecule has 20 heavy (non-hydrogen) atoms. The molecule has 3 heteroatoms. The first kappa shape index (κ1) is 13.8. The summed E-state index contributed by atoms with van der Waals surface area (Å²) in [6.45, 7) is 0. The van der Waals surface area contributed by atoms with Crippen LogP contribution >= 0.6 is 31.9 Å². The first-order valence-corrected chi connectivity index (χ1v) is 8.17. The van der Waals surface area contributed by atoms with Gasteiger partial charge < -0.3 is 0 Å². The van der Waals surface area contributed by atoms with E-state index in [1.165, 1.54) is 10.9 Å². The SMILES string of the molecule is Brc1cccc(C(Br)Cc2ccc3ccccc3n2)c1. The summed E-state index contributed by atoms with van der Waals surface area (Å²) in [5.41, 5.74) is 3.42. The number of aromatic nitrogens is 1. The summed E-state index contributed by atoms with van der Waals surface area (Å²) in [7, 11) is 0. The van der Waals surface area contributed by atoms with Gasteiger partial charge in [-0.2, -0.15) is 0 Å². The van der Waals surface area contributed by atoms with Gasteiger partial charge in [0.2, 0.25) is 0 Å². The minimum Gasteiger partial charge on any atom is -0.253 e. The fraction of sp³-hybridized carbons (Fsp3) is 0.118. The molecular formula is C17H13Br2N. The van der Waals surface area contributed by atoms with Crippen molar-refractivity contribution in [1.29, 1.82) is 0 Å². The highest BCUT2D eigenvalue weighted by Gasteiger charge is 2.10. The van der Waals surface area contributed by atoms with Crippen LogP contribution in [0.4, 0.5) is 0 Å². The van der Waals surface area contributed by atoms with Gasteiger partial charge in [0.1, 0.15) is 0 Å². The molecule has 0 aliphatic rings. The summed E-state index contributed by atoms with van der Waals surface area (Å²) in [6, 6.07) is 20.8. The molecule has 0 saturated carbocycles. The molecular weight excluding hydrogens is 378 g/mol. The van der Waals surface area contributed by atoms with Gasteiger partial charge in [0.15, 0.2) is 0 Å². The Morgan fingerprint density at radius 3 is 2.65 bits per heavy atom. The molecule has 3 rings (SSSR count). The number of pyridine rings is 1. The smallest absolute Gasteiger partial charge is 0.0705 e. The number of fused-ring (bicyclic) bond motifs is 1. The minimum atomic E-state index is 0.272. The van der Waals surface area contributed by atoms with E-state index in [2.05, 4.69) is 74.3 Å². The van der Waals surface area contributed by atoms with E-state index < -0.39 is 0 Å². The standard InChI is InChI=1S/C17H13Br2N/c18-14-6-3-5-13(10-14)16(19)11-15-9-8-12-4-1-2-7-17(12)20-15/h1-10,16H,11H2. The molecule has 2 aromatic carbocycles. The number of halogens is 2. The van der Waals surface area contributed by atoms with Gasteiger partial charge in [0.05, 0.1) is 5.52 Å². The first-order chi connectivity index (χ1) is 9.72. The van der Waals surface area contributed by atoms with E-state index in [1.54, 1.807) is 0 Å². The summed E-state index contributed by atoms with van der Waals surface area (Å²) in [5, 5.41) is 1.19. The summed E-state index contributed by atoms with van der Waals surface area (Å²) < 4.78 is 1.10. The van der Waals surface area contributed by atoms with Crippen LogP contribution in [0.25, 0.3) is 10.9 Å². The summed E-state index contributed by atoms with van der Waals surface area (Å²) in [5.74, 6) is 0. The third kappa shape index (κ3) is 3.10. The van der Waals surface area contributed by atoms with Gasteiger partial charge >= 0.3 is 0 Å². The van der Waals surface area contributed by atoms with E-state index in [0.717, 1.165) is 22.1 Å². The Labute approximate surface area is 135 Å². The van der Waals surface area contributed by atoms with Crippen molar-refractivity contribution in [3.63, 3.8) is 0 Å². The van der Waals surface area contributed by atoms with Gasteiger partial charge in [-0.3, -0.25) is 4.98 Å². The fourth-order valence-corrected chi connectivity index (χ4v) is 3.26. The average Bonchev–Trinajstić information content (AvgIpc) is 2.47. The van der Waals surface area contributed by atoms with Crippen LogP contribution in [0, 0.1) is 0 Å². The van der Waals surface area contributed by atoms with E-state index in [4.69, 9.17) is 4.98 Å². The Balaban J connectivity index is 1.85. The van der Waals surface area contributed by atoms with Crippen LogP contribution in [0.1, 0.15) is 16.1 Å². The van der Waals surface area contributed by atoms with Gasteiger partial charge in [0.25, 0.3) is 0 Å². The molecule has 0 fully saturated rings. The van der Waals surface area contributed by atoms with Gasteiger partial charge in [-0.15, -0.1) is 0 Å². The lowest BCUT2D eigenvalue weighted by molar-refractivity contribution is 0.912. The molecule has 0 aliphatic heterocycles. The molecule has 0 aliphatic carbocycles. The summed E-state index contributed by atoms with van der Waals surface area (Å²) in [6.07, 6.45) is 0.876. The zero-order valence-corrected chi connectivity index (χ0v) is 13.9. The number of benzene rings is 2. The van der Waals surface area contributed by atoms with Gasteiger partial charge in [-0.1, -0.05) is 68.3 Å². The van der Waals surface area contributed by atoms with Crippen molar-refractivity contribution in [1.82, 2.24) is 4.98 Å². The minimum absolute atomic E-state index is 0.272. The van der Waals surface area contributed by atoms with Crippen molar-refractivity contribution < 1.29 is 0 Å². The first-order valence-electron chi connectivity index (χ1n) is 6.46. The molecule has 0 spiro atoms. The van der Waals surface area contributed by atoms with Crippen LogP contribution in [-0.4, -0.2) is 4.98 Å². The Kier molecular flexibility index (Phi) is 4.18. The molecule has 1 heterocycles. The number of hydrogen-bond acceptors (Lipinski definition) is 1. The second kappa shape index (κ2) is 6.06. The lowest BCUT2D eigenvalue weighted by atomic mass is 10.1. The molecule has 0 amide bonds. The third-order valence-corrected chi connectivity index (χ3v) is 4.60. The number of nitrogens with zero attached hydrogens (tertiary/aromatic N) is 1. The molecule has 1 unspecified atom stereocenters. The highest BCUT2D eigenvalue weighted by molar-refractivity contribution is 9.10. The van der Waals surface area contributed by atoms with Gasteiger partial charge in [0, 0.05) is 26.8 Å². The predicted molar refractivity (Wildman–Crippen MR) is 91.3 cm³/mol. The molecule has 1 aromatic heterocycles. The second-order valence-electron chi connectivity index (χ2n) is 4.72. The summed E-state index contributed by atoms with van der Waals surface area (Å²) >= 11 is 7.27. The van der Waals surface area contributed by atoms with Crippen molar-refractivity contribution in [2.24, 2.45) is 0 Å². The molecule has 1 atom stereocenters. The van der Waals surface area contributed by atoms with E-state index in [1.807, 2.05) is 18.2 Å². The Bertz CT molecular complexity index is 740. The zero-order chi connectivity index (χ0) is 13.9. The quantitative estimate of drug-likeness (QED) is 0.524. The lowest BCUT2D eigenvalue weighted by Crippen LogP contribution is -1.98. The predicted octanol–water partition coefficient (Wildman–Crippen LogP) is 5.68. The van der Waals surface area contributed by atoms with Crippen molar-refractivity contribution in [3.05, 3.63) is 76.4 Å². The van der Waals surface area contributed by atoms with Crippen molar-refractivity contribution >= 4 is 42.8 Å². The van der Waals surface area contributed by atoms with E-state index in [0.29, 0.717) is 0 Å². The van der Waals surface area contributed by atoms with Crippen LogP contribution in [-0.2, 0) is 6.42 Å². The van der Waals surface area contributed by atoms with E-state index in [9.17, 15) is 0 Å². The van der Waals surface area contributed by atoms with Gasteiger partial charge in [-0.05, 0) is 29.8 Å². The second-order valence-corrected chi connectivity index (χ2v) is 6.74. The zero-order valence-electron chi connectivity index (χ0n) is 10.8. The topological polar surface area (TPSA) is 12.9 Å². The molecule has 100 valence electrons. The van der Waals surface area contributed by atoms with Crippen LogP contribution in [0.15, 0.2) is 65.1 Å². The molecule has 0 radical (unpaired) electrons. The molecule has 1 nitrogen and oxygen atoms in total. The van der Waals surface area contributed by atoms with E-state index >= 15 is 0 Å². The number of hydrogen-bond donors (Lipinski definition) is 0. The fourth-order valence-electron chi connectivity index (χ4n) is 2.22. The molecule has 3 aromatic rings. The molecule has 0 saturated heterocycles. The van der Waals surface area contributed by atoms with Crippen LogP contribution in [0.2, 0.25) is 0 Å². The molecule has 0 N–H and O–H groups in total. The number of para-hydroxylation sites is 1. The number of alkyl halides is 1. The van der Waals surface area contributed by atoms with Crippen molar-refractivity contribution in [2.45, 2.75) is 11.2 Å². The Hall–Kier alpha value is -1.19. The van der Waals surface area contributed by atoms with Crippen LogP contribution in [0.5, 0.6) is 0 Å². The highest BCUT2D eigenvalue weighted by atomic mass is 79.9. The average molecular weight is 391 g/mol.